The number of unbranched alkanes of at least 4 members (excludes halogenated alkanes) is 2. The van der Waals surface area contributed by atoms with E-state index in [9.17, 15) is 14.4 Å². The summed E-state index contributed by atoms with van der Waals surface area (Å²) in [6.07, 6.45) is 3.50. The Morgan fingerprint density at radius 1 is 0.816 bits per heavy atom. The van der Waals surface area contributed by atoms with E-state index in [4.69, 9.17) is 35.9 Å². The monoisotopic (exact) mass is 717 g/mol. The zero-order valence-corrected chi connectivity index (χ0v) is 30.6. The Balaban J connectivity index is 1.81. The van der Waals surface area contributed by atoms with Gasteiger partial charge in [0.1, 0.15) is 10.4 Å². The van der Waals surface area contributed by atoms with E-state index in [0.717, 1.165) is 37.0 Å². The maximum atomic E-state index is 14.0. The van der Waals surface area contributed by atoms with Crippen molar-refractivity contribution in [2.24, 2.45) is 0 Å². The highest BCUT2D eigenvalue weighted by molar-refractivity contribution is 8.23. The predicted octanol–water partition coefficient (Wildman–Crippen LogP) is 5.05. The number of amides is 3. The number of ether oxygens (including phenoxy) is 5. The number of carbonyl (C=O) groups excluding carboxylic acids is 3. The molecule has 3 amide bonds. The molecule has 3 rings (SSSR count). The molecule has 0 spiro atoms. The minimum Gasteiger partial charge on any atom is -0.489 e. The lowest BCUT2D eigenvalue weighted by Gasteiger charge is -2.23. The minimum absolute atomic E-state index is 0.177. The Morgan fingerprint density at radius 2 is 1.43 bits per heavy atom. The maximum absolute atomic E-state index is 14.0. The molecule has 2 N–H and O–H groups in total. The first-order valence-corrected chi connectivity index (χ1v) is 18.6. The van der Waals surface area contributed by atoms with Crippen molar-refractivity contribution in [3.05, 3.63) is 59.2 Å². The molecule has 0 radical (unpaired) electrons. The summed E-state index contributed by atoms with van der Waals surface area (Å²) in [7, 11) is 0. The fourth-order valence-corrected chi connectivity index (χ4v) is 6.01. The molecule has 0 bridgehead atoms. The molecular formula is C36H51N3O8S2. The van der Waals surface area contributed by atoms with E-state index in [1.165, 1.54) is 11.8 Å². The third kappa shape index (κ3) is 13.5. The molecule has 2 aromatic rings. The van der Waals surface area contributed by atoms with Crippen molar-refractivity contribution >= 4 is 46.0 Å². The second-order valence-corrected chi connectivity index (χ2v) is 13.0. The smallest absolute Gasteiger partial charge is 0.263 e. The molecule has 1 aliphatic heterocycles. The maximum Gasteiger partial charge on any atom is 0.263 e. The standard InChI is InChI=1S/C36H51N3O8S2/c1-4-7-18-46-31-28(14-15-29(32(31)47-19-8-5-2)35(42)39-17-25-49-36(39)48)33(40)38-30(26-27-12-10-9-11-13-27)34(41)37-16-20-44-23-24-45-22-21-43-6-3/h9-15,30H,4-8,16-26H2,1-3H3,(H,37,41)(H,38,40)/t30-/m0/s1. The lowest BCUT2D eigenvalue weighted by molar-refractivity contribution is -0.123. The largest absolute Gasteiger partial charge is 0.489 e. The van der Waals surface area contributed by atoms with E-state index < -0.39 is 11.9 Å². The van der Waals surface area contributed by atoms with Crippen LogP contribution in [0.1, 0.15) is 72.7 Å². The van der Waals surface area contributed by atoms with Crippen LogP contribution in [0.15, 0.2) is 42.5 Å². The molecule has 0 saturated carbocycles. The van der Waals surface area contributed by atoms with Crippen molar-refractivity contribution < 1.29 is 38.1 Å². The lowest BCUT2D eigenvalue weighted by Crippen LogP contribution is -2.48. The van der Waals surface area contributed by atoms with Crippen LogP contribution in [0.2, 0.25) is 0 Å². The van der Waals surface area contributed by atoms with Gasteiger partial charge in [-0.15, -0.1) is 0 Å². The summed E-state index contributed by atoms with van der Waals surface area (Å²) in [5, 5.41) is 5.81. The Bertz CT molecular complexity index is 1330. The SMILES string of the molecule is CCCCOc1c(C(=O)N[C@@H](Cc2ccccc2)C(=O)NCCOCCOCCOCC)ccc(C(=O)N2CCSC2=S)c1OCCCC. The average Bonchev–Trinajstić information content (AvgIpc) is 3.54. The third-order valence-electron chi connectivity index (χ3n) is 7.48. The van der Waals surface area contributed by atoms with Crippen molar-refractivity contribution in [2.75, 3.05) is 71.7 Å². The van der Waals surface area contributed by atoms with Gasteiger partial charge in [-0.25, -0.2) is 0 Å². The molecule has 1 saturated heterocycles. The van der Waals surface area contributed by atoms with Gasteiger partial charge in [0.05, 0.1) is 57.4 Å². The third-order valence-corrected chi connectivity index (χ3v) is 8.91. The molecule has 0 aromatic heterocycles. The van der Waals surface area contributed by atoms with E-state index >= 15 is 0 Å². The Hall–Kier alpha value is -3.23. The van der Waals surface area contributed by atoms with Crippen LogP contribution in [0.5, 0.6) is 11.5 Å². The highest BCUT2D eigenvalue weighted by atomic mass is 32.2. The summed E-state index contributed by atoms with van der Waals surface area (Å²) in [6.45, 7) is 10.2. The number of nitrogens with one attached hydrogen (secondary N) is 2. The van der Waals surface area contributed by atoms with Crippen LogP contribution >= 0.6 is 24.0 Å². The number of hydrogen-bond donors (Lipinski definition) is 2. The fraction of sp³-hybridized carbons (Fsp3) is 0.556. The molecule has 0 unspecified atom stereocenters. The molecular weight excluding hydrogens is 667 g/mol. The van der Waals surface area contributed by atoms with E-state index in [0.29, 0.717) is 57.1 Å². The van der Waals surface area contributed by atoms with Crippen molar-refractivity contribution in [1.29, 1.82) is 0 Å². The van der Waals surface area contributed by atoms with Gasteiger partial charge in [-0.2, -0.15) is 0 Å². The van der Waals surface area contributed by atoms with Gasteiger partial charge in [0.15, 0.2) is 11.5 Å². The van der Waals surface area contributed by atoms with E-state index in [1.807, 2.05) is 51.1 Å². The van der Waals surface area contributed by atoms with Crippen LogP contribution < -0.4 is 20.1 Å². The minimum atomic E-state index is -0.898. The lowest BCUT2D eigenvalue weighted by atomic mass is 10.0. The number of thioether (sulfide) groups is 1. The summed E-state index contributed by atoms with van der Waals surface area (Å²) in [5.74, 6) is -0.0546. The zero-order chi connectivity index (χ0) is 35.3. The highest BCUT2D eigenvalue weighted by Gasteiger charge is 2.32. The number of carbonyl (C=O) groups is 3. The highest BCUT2D eigenvalue weighted by Crippen LogP contribution is 2.37. The Morgan fingerprint density at radius 3 is 2.04 bits per heavy atom. The molecule has 13 heteroatoms. The van der Waals surface area contributed by atoms with Crippen LogP contribution in [0.25, 0.3) is 0 Å². The Labute approximate surface area is 300 Å². The van der Waals surface area contributed by atoms with Gasteiger partial charge in [0.2, 0.25) is 5.91 Å². The summed E-state index contributed by atoms with van der Waals surface area (Å²) < 4.78 is 29.2. The van der Waals surface area contributed by atoms with Gasteiger partial charge >= 0.3 is 0 Å². The quantitative estimate of drug-likeness (QED) is 0.113. The first kappa shape index (κ1) is 40.2. The van der Waals surface area contributed by atoms with Gasteiger partial charge < -0.3 is 34.3 Å². The molecule has 49 heavy (non-hydrogen) atoms. The van der Waals surface area contributed by atoms with E-state index in [2.05, 4.69) is 10.6 Å². The Kier molecular flexibility index (Phi) is 19.1. The summed E-state index contributed by atoms with van der Waals surface area (Å²) >= 11 is 6.88. The number of thiocarbonyl (C=S) groups is 1. The molecule has 0 aliphatic carbocycles. The topological polar surface area (TPSA) is 125 Å². The molecule has 11 nitrogen and oxygen atoms in total. The van der Waals surface area contributed by atoms with Crippen molar-refractivity contribution in [2.45, 2.75) is 58.9 Å². The second-order valence-electron chi connectivity index (χ2n) is 11.2. The van der Waals surface area contributed by atoms with E-state index in [-0.39, 0.29) is 54.0 Å². The van der Waals surface area contributed by atoms with Crippen LogP contribution in [-0.2, 0) is 25.4 Å². The number of nitrogens with zero attached hydrogens (tertiary/aromatic N) is 1. The normalized spacial score (nSPS) is 13.3. The van der Waals surface area contributed by atoms with Crippen molar-refractivity contribution in [3.8, 4) is 11.5 Å². The molecule has 270 valence electrons. The van der Waals surface area contributed by atoms with Crippen LogP contribution in [-0.4, -0.2) is 105 Å². The number of benzene rings is 2. The van der Waals surface area contributed by atoms with Crippen molar-refractivity contribution in [1.82, 2.24) is 15.5 Å². The average molecular weight is 718 g/mol. The molecule has 1 aliphatic rings. The van der Waals surface area contributed by atoms with Gasteiger partial charge in [-0.05, 0) is 37.5 Å². The van der Waals surface area contributed by atoms with Crippen molar-refractivity contribution in [3.63, 3.8) is 0 Å². The molecule has 2 aromatic carbocycles. The van der Waals surface area contributed by atoms with Gasteiger partial charge in [0, 0.05) is 31.9 Å². The predicted molar refractivity (Wildman–Crippen MR) is 196 cm³/mol. The van der Waals surface area contributed by atoms with Gasteiger partial charge in [-0.1, -0.05) is 81.0 Å². The van der Waals surface area contributed by atoms with Gasteiger partial charge in [-0.3, -0.25) is 19.3 Å². The second kappa shape index (κ2) is 23.2. The fourth-order valence-electron chi connectivity index (χ4n) is 4.81. The first-order valence-electron chi connectivity index (χ1n) is 17.2. The summed E-state index contributed by atoms with van der Waals surface area (Å²) in [6, 6.07) is 11.7. The molecule has 1 fully saturated rings. The zero-order valence-electron chi connectivity index (χ0n) is 29.0. The summed E-state index contributed by atoms with van der Waals surface area (Å²) in [4.78, 5) is 42.7. The van der Waals surface area contributed by atoms with Gasteiger partial charge in [0.25, 0.3) is 11.8 Å². The number of hydrogen-bond acceptors (Lipinski definition) is 10. The summed E-state index contributed by atoms with van der Waals surface area (Å²) in [5.41, 5.74) is 1.34. The number of rotatable bonds is 24. The molecule has 1 heterocycles. The molecule has 1 atom stereocenters. The van der Waals surface area contributed by atoms with Crippen LogP contribution in [0, 0.1) is 0 Å². The first-order chi connectivity index (χ1) is 23.9. The van der Waals surface area contributed by atoms with E-state index in [1.54, 1.807) is 17.0 Å². The van der Waals surface area contributed by atoms with Crippen LogP contribution in [0.3, 0.4) is 0 Å². The van der Waals surface area contributed by atoms with Crippen LogP contribution in [0.4, 0.5) is 0 Å².